The van der Waals surface area contributed by atoms with Crippen LogP contribution in [0.1, 0.15) is 29.4 Å². The highest BCUT2D eigenvalue weighted by atomic mass is 16.3. The fourth-order valence-electron chi connectivity index (χ4n) is 2.26. The molecule has 0 aliphatic rings. The molecule has 4 heteroatoms. The maximum Gasteiger partial charge on any atom is 0.253 e. The molecule has 2 aromatic rings. The molecule has 116 valence electrons. The van der Waals surface area contributed by atoms with Crippen molar-refractivity contribution in [3.05, 3.63) is 53.7 Å². The largest absolute Gasteiger partial charge is 0.396 e. The molecule has 1 aromatic carbocycles. The molecule has 1 heterocycles. The zero-order valence-corrected chi connectivity index (χ0v) is 13.0. The molecule has 0 fully saturated rings. The van der Waals surface area contributed by atoms with Gasteiger partial charge in [-0.2, -0.15) is 0 Å². The Morgan fingerprint density at radius 3 is 2.59 bits per heavy atom. The van der Waals surface area contributed by atoms with Crippen LogP contribution in [0.5, 0.6) is 0 Å². The Kier molecular flexibility index (Phi) is 5.67. The van der Waals surface area contributed by atoms with E-state index in [2.05, 4.69) is 10.3 Å². The predicted octanol–water partition coefficient (Wildman–Crippen LogP) is 2.81. The summed E-state index contributed by atoms with van der Waals surface area (Å²) in [5.74, 6) is 0.139. The summed E-state index contributed by atoms with van der Waals surface area (Å²) >= 11 is 0. The number of aliphatic hydroxyl groups is 1. The monoisotopic (exact) mass is 298 g/mol. The molecule has 2 rings (SSSR count). The van der Waals surface area contributed by atoms with Crippen LogP contribution in [-0.4, -0.2) is 29.1 Å². The highest BCUT2D eigenvalue weighted by molar-refractivity contribution is 5.95. The van der Waals surface area contributed by atoms with E-state index in [-0.39, 0.29) is 18.4 Å². The first-order chi connectivity index (χ1) is 10.6. The number of carbonyl (C=O) groups is 1. The van der Waals surface area contributed by atoms with Gasteiger partial charge in [0.1, 0.15) is 0 Å². The molecule has 0 radical (unpaired) electrons. The Labute approximate surface area is 131 Å². The fraction of sp³-hybridized carbons (Fsp3) is 0.333. The lowest BCUT2D eigenvalue weighted by Gasteiger charge is -2.12. The number of nitrogens with zero attached hydrogens (tertiary/aromatic N) is 1. The molecule has 2 N–H and O–H groups in total. The second kappa shape index (κ2) is 7.71. The normalized spacial score (nSPS) is 12.0. The second-order valence-electron chi connectivity index (χ2n) is 5.52. The van der Waals surface area contributed by atoms with Crippen molar-refractivity contribution in [3.63, 3.8) is 0 Å². The van der Waals surface area contributed by atoms with E-state index in [0.29, 0.717) is 24.2 Å². The molecule has 1 amide bonds. The molecule has 4 nitrogen and oxygen atoms in total. The smallest absolute Gasteiger partial charge is 0.253 e. The van der Waals surface area contributed by atoms with Crippen LogP contribution >= 0.6 is 0 Å². The average Bonchev–Trinajstić information content (AvgIpc) is 2.53. The van der Waals surface area contributed by atoms with Crippen molar-refractivity contribution in [1.82, 2.24) is 10.3 Å². The Hall–Kier alpha value is -2.20. The van der Waals surface area contributed by atoms with Gasteiger partial charge in [0.05, 0.1) is 17.0 Å². The molecule has 1 unspecified atom stereocenters. The number of rotatable bonds is 6. The zero-order chi connectivity index (χ0) is 15.9. The predicted molar refractivity (Wildman–Crippen MR) is 87.6 cm³/mol. The molecular formula is C18H22N2O2. The van der Waals surface area contributed by atoms with Crippen molar-refractivity contribution in [1.29, 1.82) is 0 Å². The Morgan fingerprint density at radius 1 is 1.23 bits per heavy atom. The molecular weight excluding hydrogens is 276 g/mol. The lowest BCUT2D eigenvalue weighted by Crippen LogP contribution is -2.29. The maximum atomic E-state index is 12.2. The van der Waals surface area contributed by atoms with E-state index in [1.807, 2.05) is 56.3 Å². The van der Waals surface area contributed by atoms with Gasteiger partial charge in [-0.25, -0.2) is 0 Å². The van der Waals surface area contributed by atoms with Crippen LogP contribution in [0.2, 0.25) is 0 Å². The van der Waals surface area contributed by atoms with Gasteiger partial charge in [-0.1, -0.05) is 37.3 Å². The third-order valence-corrected chi connectivity index (χ3v) is 3.63. The SMILES string of the molecule is Cc1nc(-c2ccccc2)ccc1C(=O)NCC(C)CCO. The maximum absolute atomic E-state index is 12.2. The van der Waals surface area contributed by atoms with Crippen molar-refractivity contribution in [2.75, 3.05) is 13.2 Å². The van der Waals surface area contributed by atoms with Crippen LogP contribution in [0.4, 0.5) is 0 Å². The van der Waals surface area contributed by atoms with Crippen LogP contribution in [0.15, 0.2) is 42.5 Å². The standard InChI is InChI=1S/C18H22N2O2/c1-13(10-11-21)12-19-18(22)16-8-9-17(20-14(16)2)15-6-4-3-5-7-15/h3-9,13,21H,10-12H2,1-2H3,(H,19,22). The van der Waals surface area contributed by atoms with E-state index in [0.717, 1.165) is 11.3 Å². The number of aromatic nitrogens is 1. The molecule has 1 atom stereocenters. The summed E-state index contributed by atoms with van der Waals surface area (Å²) in [4.78, 5) is 16.7. The summed E-state index contributed by atoms with van der Waals surface area (Å²) in [5.41, 5.74) is 3.21. The van der Waals surface area contributed by atoms with E-state index in [1.165, 1.54) is 0 Å². The quantitative estimate of drug-likeness (QED) is 0.862. The zero-order valence-electron chi connectivity index (χ0n) is 13.0. The topological polar surface area (TPSA) is 62.2 Å². The van der Waals surface area contributed by atoms with E-state index in [1.54, 1.807) is 0 Å². The van der Waals surface area contributed by atoms with Crippen LogP contribution in [0.25, 0.3) is 11.3 Å². The number of hydrogen-bond acceptors (Lipinski definition) is 3. The van der Waals surface area contributed by atoms with Crippen molar-refractivity contribution in [3.8, 4) is 11.3 Å². The minimum absolute atomic E-state index is 0.116. The van der Waals surface area contributed by atoms with E-state index < -0.39 is 0 Å². The van der Waals surface area contributed by atoms with E-state index in [4.69, 9.17) is 5.11 Å². The first-order valence-corrected chi connectivity index (χ1v) is 7.54. The van der Waals surface area contributed by atoms with Crippen molar-refractivity contribution in [2.24, 2.45) is 5.92 Å². The first kappa shape index (κ1) is 16.2. The van der Waals surface area contributed by atoms with Gasteiger partial charge >= 0.3 is 0 Å². The molecule has 0 aliphatic heterocycles. The number of benzene rings is 1. The second-order valence-corrected chi connectivity index (χ2v) is 5.52. The van der Waals surface area contributed by atoms with Gasteiger partial charge in [-0.15, -0.1) is 0 Å². The van der Waals surface area contributed by atoms with Gasteiger partial charge in [-0.05, 0) is 31.4 Å². The highest BCUT2D eigenvalue weighted by Gasteiger charge is 2.12. The van der Waals surface area contributed by atoms with E-state index in [9.17, 15) is 4.79 Å². The summed E-state index contributed by atoms with van der Waals surface area (Å²) < 4.78 is 0. The molecule has 22 heavy (non-hydrogen) atoms. The molecule has 0 spiro atoms. The van der Waals surface area contributed by atoms with Gasteiger partial charge in [0.15, 0.2) is 0 Å². The van der Waals surface area contributed by atoms with Crippen LogP contribution in [0.3, 0.4) is 0 Å². The van der Waals surface area contributed by atoms with Crippen molar-refractivity contribution >= 4 is 5.91 Å². The van der Waals surface area contributed by atoms with Crippen molar-refractivity contribution < 1.29 is 9.90 Å². The first-order valence-electron chi connectivity index (χ1n) is 7.54. The van der Waals surface area contributed by atoms with E-state index >= 15 is 0 Å². The minimum Gasteiger partial charge on any atom is -0.396 e. The van der Waals surface area contributed by atoms with Gasteiger partial charge in [0.25, 0.3) is 5.91 Å². The molecule has 0 bridgehead atoms. The van der Waals surface area contributed by atoms with Gasteiger partial charge in [-0.3, -0.25) is 9.78 Å². The summed E-state index contributed by atoms with van der Waals surface area (Å²) in [6.45, 7) is 4.54. The summed E-state index contributed by atoms with van der Waals surface area (Å²) in [7, 11) is 0. The van der Waals surface area contributed by atoms with Gasteiger partial charge < -0.3 is 10.4 Å². The Balaban J connectivity index is 2.08. The highest BCUT2D eigenvalue weighted by Crippen LogP contribution is 2.18. The third kappa shape index (κ3) is 4.15. The number of aliphatic hydroxyl groups excluding tert-OH is 1. The van der Waals surface area contributed by atoms with Gasteiger partial charge in [0, 0.05) is 18.7 Å². The molecule has 0 saturated heterocycles. The number of hydrogen-bond donors (Lipinski definition) is 2. The van der Waals surface area contributed by atoms with Crippen LogP contribution < -0.4 is 5.32 Å². The average molecular weight is 298 g/mol. The Bertz CT molecular complexity index is 626. The minimum atomic E-state index is -0.116. The summed E-state index contributed by atoms with van der Waals surface area (Å²) in [6, 6.07) is 13.6. The van der Waals surface area contributed by atoms with Gasteiger partial charge in [0.2, 0.25) is 0 Å². The summed E-state index contributed by atoms with van der Waals surface area (Å²) in [6.07, 6.45) is 0.685. The van der Waals surface area contributed by atoms with Crippen molar-refractivity contribution in [2.45, 2.75) is 20.3 Å². The third-order valence-electron chi connectivity index (χ3n) is 3.63. The number of nitrogens with one attached hydrogen (secondary N) is 1. The number of carbonyl (C=O) groups excluding carboxylic acids is 1. The molecule has 0 aliphatic carbocycles. The fourth-order valence-corrected chi connectivity index (χ4v) is 2.26. The lowest BCUT2D eigenvalue weighted by atomic mass is 10.1. The molecule has 1 aromatic heterocycles. The number of aryl methyl sites for hydroxylation is 1. The number of pyridine rings is 1. The number of amides is 1. The molecule has 0 saturated carbocycles. The Morgan fingerprint density at radius 2 is 1.95 bits per heavy atom. The lowest BCUT2D eigenvalue weighted by molar-refractivity contribution is 0.0944. The summed E-state index contributed by atoms with van der Waals surface area (Å²) in [5, 5.41) is 11.8. The van der Waals surface area contributed by atoms with Crippen LogP contribution in [0, 0.1) is 12.8 Å². The van der Waals surface area contributed by atoms with Crippen LogP contribution in [-0.2, 0) is 0 Å².